The summed E-state index contributed by atoms with van der Waals surface area (Å²) in [6.07, 6.45) is -0.526. The number of amides is 2. The number of aliphatic hydroxyl groups is 2. The van der Waals surface area contributed by atoms with Gasteiger partial charge in [-0.15, -0.1) is 0 Å². The third kappa shape index (κ3) is 7.26. The maximum Gasteiger partial charge on any atom is 0.249 e. The molecule has 0 saturated carbocycles. The lowest BCUT2D eigenvalue weighted by molar-refractivity contribution is -0.138. The van der Waals surface area contributed by atoms with Crippen LogP contribution in [-0.4, -0.2) is 85.6 Å². The summed E-state index contributed by atoms with van der Waals surface area (Å²) in [4.78, 5) is 25.7. The van der Waals surface area contributed by atoms with Crippen molar-refractivity contribution in [3.05, 3.63) is 0 Å². The highest BCUT2D eigenvalue weighted by Gasteiger charge is 2.32. The average molecular weight is 331 g/mol. The third-order valence-electron chi connectivity index (χ3n) is 3.90. The Morgan fingerprint density at radius 2 is 1.91 bits per heavy atom. The van der Waals surface area contributed by atoms with Gasteiger partial charge in [-0.2, -0.15) is 0 Å². The highest BCUT2D eigenvalue weighted by molar-refractivity contribution is 5.87. The third-order valence-corrected chi connectivity index (χ3v) is 3.90. The van der Waals surface area contributed by atoms with Crippen LogP contribution in [0.2, 0.25) is 0 Å². The summed E-state index contributed by atoms with van der Waals surface area (Å²) >= 11 is 0. The first-order valence-electron chi connectivity index (χ1n) is 8.00. The van der Waals surface area contributed by atoms with Gasteiger partial charge < -0.3 is 25.6 Å². The molecule has 0 aliphatic carbocycles. The molecular weight excluding hydrogens is 302 g/mol. The molecule has 0 spiro atoms. The van der Waals surface area contributed by atoms with Gasteiger partial charge in [-0.1, -0.05) is 13.8 Å². The summed E-state index contributed by atoms with van der Waals surface area (Å²) in [6.45, 7) is 7.42. The number of hydrogen-bond acceptors (Lipinski definition) is 6. The van der Waals surface area contributed by atoms with Gasteiger partial charge in [-0.25, -0.2) is 0 Å². The van der Waals surface area contributed by atoms with Crippen molar-refractivity contribution < 1.29 is 24.5 Å². The number of carbonyl (C=O) groups excluding carboxylic acids is 2. The quantitative estimate of drug-likeness (QED) is 0.376. The summed E-state index contributed by atoms with van der Waals surface area (Å²) in [5.74, 6) is -0.957. The van der Waals surface area contributed by atoms with Crippen molar-refractivity contribution in [2.24, 2.45) is 5.41 Å². The Hall–Kier alpha value is -1.22. The van der Waals surface area contributed by atoms with Crippen LogP contribution in [0.1, 0.15) is 20.3 Å². The molecule has 0 unspecified atom stereocenters. The molecule has 1 rings (SSSR count). The largest absolute Gasteiger partial charge is 0.396 e. The van der Waals surface area contributed by atoms with E-state index in [0.717, 1.165) is 39.3 Å². The maximum absolute atomic E-state index is 11.7. The standard InChI is InChI=1S/C15H29N3O5/c1-15(2,11-19)13(21)14(22)17-10-12(20)16-4-3-5-18-6-8-23-9-7-18/h13,19,21H,3-11H2,1-2H3,(H,16,20)(H,17,22)/t13-/m0/s1. The summed E-state index contributed by atoms with van der Waals surface area (Å²) in [5, 5.41) is 24.0. The van der Waals surface area contributed by atoms with Crippen molar-refractivity contribution in [1.29, 1.82) is 0 Å². The lowest BCUT2D eigenvalue weighted by Gasteiger charge is -2.27. The molecule has 1 atom stereocenters. The first kappa shape index (κ1) is 19.8. The first-order valence-corrected chi connectivity index (χ1v) is 8.00. The molecule has 0 aromatic rings. The molecule has 134 valence electrons. The predicted octanol–water partition coefficient (Wildman–Crippen LogP) is -1.68. The van der Waals surface area contributed by atoms with E-state index < -0.39 is 17.4 Å². The first-order chi connectivity index (χ1) is 10.9. The number of hydrogen-bond donors (Lipinski definition) is 4. The molecule has 2 amide bonds. The van der Waals surface area contributed by atoms with Crippen molar-refractivity contribution in [2.45, 2.75) is 26.4 Å². The van der Waals surface area contributed by atoms with E-state index in [2.05, 4.69) is 15.5 Å². The van der Waals surface area contributed by atoms with Crippen molar-refractivity contribution in [3.63, 3.8) is 0 Å². The predicted molar refractivity (Wildman–Crippen MR) is 84.8 cm³/mol. The van der Waals surface area contributed by atoms with Gasteiger partial charge in [0.05, 0.1) is 26.4 Å². The van der Waals surface area contributed by atoms with Crippen molar-refractivity contribution in [3.8, 4) is 0 Å². The number of ether oxygens (including phenoxy) is 1. The van der Waals surface area contributed by atoms with Crippen LogP contribution in [0.15, 0.2) is 0 Å². The number of nitrogens with zero attached hydrogens (tertiary/aromatic N) is 1. The maximum atomic E-state index is 11.7. The Bertz CT molecular complexity index is 383. The lowest BCUT2D eigenvalue weighted by Crippen LogP contribution is -2.48. The Balaban J connectivity index is 2.12. The Kier molecular flexibility index (Phi) is 8.46. The minimum absolute atomic E-state index is 0.186. The smallest absolute Gasteiger partial charge is 0.249 e. The molecule has 1 saturated heterocycles. The summed E-state index contributed by atoms with van der Waals surface area (Å²) in [5.41, 5.74) is -0.946. The van der Waals surface area contributed by atoms with Gasteiger partial charge in [0.2, 0.25) is 11.8 Å². The highest BCUT2D eigenvalue weighted by atomic mass is 16.5. The van der Waals surface area contributed by atoms with Gasteiger partial charge >= 0.3 is 0 Å². The summed E-state index contributed by atoms with van der Waals surface area (Å²) in [6, 6.07) is 0. The van der Waals surface area contributed by atoms with Crippen LogP contribution in [0.3, 0.4) is 0 Å². The minimum atomic E-state index is -1.36. The molecule has 1 aliphatic heterocycles. The molecule has 1 heterocycles. The topological polar surface area (TPSA) is 111 Å². The molecule has 0 bridgehead atoms. The van der Waals surface area contributed by atoms with Crippen LogP contribution in [0, 0.1) is 5.41 Å². The van der Waals surface area contributed by atoms with Gasteiger partial charge in [-0.3, -0.25) is 14.5 Å². The fourth-order valence-electron chi connectivity index (χ4n) is 2.12. The Morgan fingerprint density at radius 3 is 2.52 bits per heavy atom. The molecule has 23 heavy (non-hydrogen) atoms. The van der Waals surface area contributed by atoms with E-state index in [1.807, 2.05) is 0 Å². The second-order valence-electron chi connectivity index (χ2n) is 6.42. The van der Waals surface area contributed by atoms with E-state index in [9.17, 15) is 14.7 Å². The summed E-state index contributed by atoms with van der Waals surface area (Å²) < 4.78 is 5.26. The molecule has 0 radical (unpaired) electrons. The van der Waals surface area contributed by atoms with Crippen LogP contribution in [0.25, 0.3) is 0 Å². The van der Waals surface area contributed by atoms with Crippen molar-refractivity contribution in [1.82, 2.24) is 15.5 Å². The van der Waals surface area contributed by atoms with Crippen LogP contribution < -0.4 is 10.6 Å². The second-order valence-corrected chi connectivity index (χ2v) is 6.42. The monoisotopic (exact) mass is 331 g/mol. The number of carbonyl (C=O) groups is 2. The van der Waals surface area contributed by atoms with Crippen LogP contribution >= 0.6 is 0 Å². The molecular formula is C15H29N3O5. The zero-order valence-electron chi connectivity index (χ0n) is 14.0. The van der Waals surface area contributed by atoms with Crippen LogP contribution in [0.5, 0.6) is 0 Å². The van der Waals surface area contributed by atoms with E-state index in [4.69, 9.17) is 9.84 Å². The van der Waals surface area contributed by atoms with Gasteiger partial charge in [-0.05, 0) is 13.0 Å². The number of rotatable bonds is 9. The Labute approximate surface area is 137 Å². The van der Waals surface area contributed by atoms with Crippen molar-refractivity contribution in [2.75, 3.05) is 52.5 Å². The van der Waals surface area contributed by atoms with E-state index in [1.54, 1.807) is 13.8 Å². The van der Waals surface area contributed by atoms with Gasteiger partial charge in [0.25, 0.3) is 0 Å². The van der Waals surface area contributed by atoms with E-state index in [0.29, 0.717) is 6.54 Å². The van der Waals surface area contributed by atoms with Gasteiger partial charge in [0, 0.05) is 25.0 Å². The van der Waals surface area contributed by atoms with Crippen LogP contribution in [-0.2, 0) is 14.3 Å². The Morgan fingerprint density at radius 1 is 1.26 bits per heavy atom. The normalized spacial score (nSPS) is 17.6. The molecule has 4 N–H and O–H groups in total. The number of nitrogens with one attached hydrogen (secondary N) is 2. The lowest BCUT2D eigenvalue weighted by atomic mass is 9.87. The number of morpholine rings is 1. The van der Waals surface area contributed by atoms with E-state index >= 15 is 0 Å². The van der Waals surface area contributed by atoms with Gasteiger partial charge in [0.15, 0.2) is 0 Å². The minimum Gasteiger partial charge on any atom is -0.396 e. The molecule has 1 aliphatic rings. The fraction of sp³-hybridized carbons (Fsp3) is 0.867. The van der Waals surface area contributed by atoms with Gasteiger partial charge in [0.1, 0.15) is 6.10 Å². The fourth-order valence-corrected chi connectivity index (χ4v) is 2.12. The van der Waals surface area contributed by atoms with E-state index in [1.165, 1.54) is 0 Å². The average Bonchev–Trinajstić information content (AvgIpc) is 2.56. The molecule has 1 fully saturated rings. The second kappa shape index (κ2) is 9.82. The SMILES string of the molecule is CC(C)(CO)[C@@H](O)C(=O)NCC(=O)NCCCN1CCOCC1. The molecule has 8 nitrogen and oxygen atoms in total. The van der Waals surface area contributed by atoms with E-state index in [-0.39, 0.29) is 19.1 Å². The molecule has 0 aromatic carbocycles. The summed E-state index contributed by atoms with van der Waals surface area (Å²) in [7, 11) is 0. The molecule has 0 aromatic heterocycles. The van der Waals surface area contributed by atoms with Crippen molar-refractivity contribution >= 4 is 11.8 Å². The van der Waals surface area contributed by atoms with Crippen LogP contribution in [0.4, 0.5) is 0 Å². The highest BCUT2D eigenvalue weighted by Crippen LogP contribution is 2.19. The molecule has 8 heteroatoms. The zero-order valence-corrected chi connectivity index (χ0v) is 14.0. The zero-order chi connectivity index (χ0) is 17.3. The number of aliphatic hydroxyl groups excluding tert-OH is 2.